The number of halogens is 1. The number of anilines is 2. The Morgan fingerprint density at radius 2 is 1.71 bits per heavy atom. The summed E-state index contributed by atoms with van der Waals surface area (Å²) in [6.07, 6.45) is 0. The molecule has 0 aliphatic rings. The predicted molar refractivity (Wildman–Crippen MR) is 87.2 cm³/mol. The number of benzene rings is 2. The number of nitrogens with two attached hydrogens (primary N) is 1. The van der Waals surface area contributed by atoms with Crippen molar-refractivity contribution in [3.8, 4) is 0 Å². The molecule has 4 nitrogen and oxygen atoms in total. The van der Waals surface area contributed by atoms with E-state index in [1.165, 1.54) is 18.2 Å². The maximum atomic E-state index is 12.3. The fourth-order valence-corrected chi connectivity index (χ4v) is 3.15. The molecule has 0 saturated carbocycles. The van der Waals surface area contributed by atoms with E-state index >= 15 is 0 Å². The van der Waals surface area contributed by atoms with Gasteiger partial charge in [0.05, 0.1) is 15.6 Å². The van der Waals surface area contributed by atoms with Gasteiger partial charge in [-0.1, -0.05) is 37.6 Å². The number of hydrogen-bond donors (Lipinski definition) is 2. The molecule has 0 atom stereocenters. The van der Waals surface area contributed by atoms with Crippen molar-refractivity contribution in [2.24, 2.45) is 0 Å². The molecule has 0 fully saturated rings. The molecular weight excluding hydrogens is 308 g/mol. The Labute approximate surface area is 130 Å². The molecule has 0 aliphatic carbocycles. The molecule has 2 rings (SSSR count). The van der Waals surface area contributed by atoms with Crippen LogP contribution in [0, 0.1) is 0 Å². The smallest absolute Gasteiger partial charge is 0.261 e. The van der Waals surface area contributed by atoms with Gasteiger partial charge >= 0.3 is 0 Å². The molecule has 3 N–H and O–H groups in total. The fraction of sp³-hybridized carbons (Fsp3) is 0.200. The minimum Gasteiger partial charge on any atom is -0.398 e. The molecule has 0 aliphatic heterocycles. The van der Waals surface area contributed by atoms with Gasteiger partial charge in [0.15, 0.2) is 0 Å². The molecule has 0 saturated heterocycles. The molecule has 2 aromatic carbocycles. The summed E-state index contributed by atoms with van der Waals surface area (Å²) >= 11 is 5.86. The zero-order chi connectivity index (χ0) is 15.6. The van der Waals surface area contributed by atoms with Crippen molar-refractivity contribution in [3.05, 3.63) is 53.1 Å². The van der Waals surface area contributed by atoms with Gasteiger partial charge < -0.3 is 5.73 Å². The summed E-state index contributed by atoms with van der Waals surface area (Å²) < 4.78 is 27.1. The third-order valence-corrected chi connectivity index (χ3v) is 4.82. The lowest BCUT2D eigenvalue weighted by atomic mass is 10.0. The zero-order valence-corrected chi connectivity index (χ0v) is 13.4. The minimum atomic E-state index is -3.68. The van der Waals surface area contributed by atoms with E-state index in [9.17, 15) is 8.42 Å². The van der Waals surface area contributed by atoms with Gasteiger partial charge in [0.25, 0.3) is 10.0 Å². The first-order valence-corrected chi connectivity index (χ1v) is 8.33. The normalized spacial score (nSPS) is 11.6. The second kappa shape index (κ2) is 5.95. The Morgan fingerprint density at radius 1 is 1.10 bits per heavy atom. The summed E-state index contributed by atoms with van der Waals surface area (Å²) in [6, 6.07) is 11.5. The van der Waals surface area contributed by atoms with Crippen LogP contribution < -0.4 is 10.5 Å². The van der Waals surface area contributed by atoms with E-state index in [-0.39, 0.29) is 9.92 Å². The lowest BCUT2D eigenvalue weighted by molar-refractivity contribution is 0.601. The van der Waals surface area contributed by atoms with E-state index in [2.05, 4.69) is 18.6 Å². The summed E-state index contributed by atoms with van der Waals surface area (Å²) in [6.45, 7) is 4.16. The van der Waals surface area contributed by atoms with Crippen molar-refractivity contribution in [2.75, 3.05) is 10.5 Å². The van der Waals surface area contributed by atoms with Crippen molar-refractivity contribution in [1.82, 2.24) is 0 Å². The Balaban J connectivity index is 2.26. The highest BCUT2D eigenvalue weighted by molar-refractivity contribution is 7.92. The highest BCUT2D eigenvalue weighted by Crippen LogP contribution is 2.24. The van der Waals surface area contributed by atoms with Crippen LogP contribution in [0.4, 0.5) is 11.4 Å². The molecule has 0 bridgehead atoms. The standard InChI is InChI=1S/C15H17ClN2O2S/c1-10(2)11-3-5-12(6-4-11)18-21(19,20)13-7-8-15(17)14(16)9-13/h3-10,18H,17H2,1-2H3. The van der Waals surface area contributed by atoms with Crippen LogP contribution in [0.1, 0.15) is 25.3 Å². The lowest BCUT2D eigenvalue weighted by Gasteiger charge is -2.11. The average Bonchev–Trinajstić information content (AvgIpc) is 2.42. The van der Waals surface area contributed by atoms with Gasteiger partial charge in [-0.2, -0.15) is 0 Å². The third kappa shape index (κ3) is 3.68. The topological polar surface area (TPSA) is 72.2 Å². The number of sulfonamides is 1. The van der Waals surface area contributed by atoms with Crippen LogP contribution in [0.2, 0.25) is 5.02 Å². The molecule has 0 unspecified atom stereocenters. The molecule has 2 aromatic rings. The van der Waals surface area contributed by atoms with Crippen LogP contribution in [0.3, 0.4) is 0 Å². The molecule has 0 spiro atoms. The Morgan fingerprint density at radius 3 is 2.24 bits per heavy atom. The highest BCUT2D eigenvalue weighted by Gasteiger charge is 2.15. The monoisotopic (exact) mass is 324 g/mol. The minimum absolute atomic E-state index is 0.0784. The largest absolute Gasteiger partial charge is 0.398 e. The highest BCUT2D eigenvalue weighted by atomic mass is 35.5. The third-order valence-electron chi connectivity index (χ3n) is 3.11. The van der Waals surface area contributed by atoms with Gasteiger partial charge in [-0.15, -0.1) is 0 Å². The number of rotatable bonds is 4. The predicted octanol–water partition coefficient (Wildman–Crippen LogP) is 3.85. The molecule has 0 heterocycles. The Bertz CT molecular complexity index is 741. The first-order chi connectivity index (χ1) is 9.79. The van der Waals surface area contributed by atoms with Crippen LogP contribution >= 0.6 is 11.6 Å². The maximum Gasteiger partial charge on any atom is 0.261 e. The maximum absolute atomic E-state index is 12.3. The van der Waals surface area contributed by atoms with Gasteiger partial charge in [-0.05, 0) is 41.8 Å². The first kappa shape index (κ1) is 15.7. The molecule has 6 heteroatoms. The van der Waals surface area contributed by atoms with Crippen molar-refractivity contribution >= 4 is 33.0 Å². The SMILES string of the molecule is CC(C)c1ccc(NS(=O)(=O)c2ccc(N)c(Cl)c2)cc1. The number of hydrogen-bond acceptors (Lipinski definition) is 3. The van der Waals surface area contributed by atoms with E-state index in [0.717, 1.165) is 5.56 Å². The van der Waals surface area contributed by atoms with Crippen molar-refractivity contribution in [2.45, 2.75) is 24.7 Å². The zero-order valence-electron chi connectivity index (χ0n) is 11.8. The van der Waals surface area contributed by atoms with E-state index < -0.39 is 10.0 Å². The van der Waals surface area contributed by atoms with Crippen LogP contribution in [0.5, 0.6) is 0 Å². The summed E-state index contributed by atoms with van der Waals surface area (Å²) in [7, 11) is -3.68. The first-order valence-electron chi connectivity index (χ1n) is 6.47. The molecule has 112 valence electrons. The van der Waals surface area contributed by atoms with Gasteiger partial charge in [0, 0.05) is 5.69 Å². The summed E-state index contributed by atoms with van der Waals surface area (Å²) in [5.41, 5.74) is 7.58. The molecule has 0 radical (unpaired) electrons. The molecule has 0 aromatic heterocycles. The van der Waals surface area contributed by atoms with Crippen molar-refractivity contribution in [3.63, 3.8) is 0 Å². The van der Waals surface area contributed by atoms with E-state index in [0.29, 0.717) is 17.3 Å². The van der Waals surface area contributed by atoms with E-state index in [4.69, 9.17) is 17.3 Å². The molecule has 21 heavy (non-hydrogen) atoms. The van der Waals surface area contributed by atoms with E-state index in [1.54, 1.807) is 12.1 Å². The van der Waals surface area contributed by atoms with Crippen LogP contribution in [-0.4, -0.2) is 8.42 Å². The Kier molecular flexibility index (Phi) is 4.44. The van der Waals surface area contributed by atoms with Gasteiger partial charge in [-0.25, -0.2) is 8.42 Å². The quantitative estimate of drug-likeness (QED) is 0.839. The summed E-state index contributed by atoms with van der Waals surface area (Å²) in [4.78, 5) is 0.0784. The van der Waals surface area contributed by atoms with Crippen LogP contribution in [0.15, 0.2) is 47.4 Å². The Hall–Kier alpha value is -1.72. The number of nitrogens with one attached hydrogen (secondary N) is 1. The molecular formula is C15H17ClN2O2S. The van der Waals surface area contributed by atoms with Gasteiger partial charge in [0.1, 0.15) is 0 Å². The van der Waals surface area contributed by atoms with Gasteiger partial charge in [0.2, 0.25) is 0 Å². The summed E-state index contributed by atoms with van der Waals surface area (Å²) in [5.74, 6) is 0.395. The fourth-order valence-electron chi connectivity index (χ4n) is 1.83. The van der Waals surface area contributed by atoms with Crippen LogP contribution in [0.25, 0.3) is 0 Å². The second-order valence-corrected chi connectivity index (χ2v) is 7.16. The van der Waals surface area contributed by atoms with Crippen molar-refractivity contribution in [1.29, 1.82) is 0 Å². The summed E-state index contributed by atoms with van der Waals surface area (Å²) in [5, 5.41) is 0.216. The van der Waals surface area contributed by atoms with Crippen molar-refractivity contribution < 1.29 is 8.42 Å². The second-order valence-electron chi connectivity index (χ2n) is 5.07. The number of nitrogen functional groups attached to an aromatic ring is 1. The lowest BCUT2D eigenvalue weighted by Crippen LogP contribution is -2.13. The van der Waals surface area contributed by atoms with Crippen LogP contribution in [-0.2, 0) is 10.0 Å². The molecule has 0 amide bonds. The average molecular weight is 325 g/mol. The van der Waals surface area contributed by atoms with E-state index in [1.807, 2.05) is 12.1 Å². The van der Waals surface area contributed by atoms with Gasteiger partial charge in [-0.3, -0.25) is 4.72 Å².